The zero-order valence-corrected chi connectivity index (χ0v) is 15.9. The van der Waals surface area contributed by atoms with Crippen LogP contribution in [-0.2, 0) is 0 Å². The van der Waals surface area contributed by atoms with Crippen LogP contribution >= 0.6 is 0 Å². The van der Waals surface area contributed by atoms with E-state index < -0.39 is 12.7 Å². The van der Waals surface area contributed by atoms with E-state index in [1.807, 2.05) is 0 Å². The van der Waals surface area contributed by atoms with Gasteiger partial charge in [0.05, 0.1) is 6.54 Å². The van der Waals surface area contributed by atoms with Gasteiger partial charge in [-0.3, -0.25) is 0 Å². The van der Waals surface area contributed by atoms with Gasteiger partial charge in [0.15, 0.2) is 0 Å². The van der Waals surface area contributed by atoms with Crippen LogP contribution in [0.3, 0.4) is 0 Å². The monoisotopic (exact) mass is 351 g/mol. The molecule has 24 heavy (non-hydrogen) atoms. The normalized spacial score (nSPS) is 12.0. The first-order chi connectivity index (χ1) is 11.6. The number of unbranched alkanes of at least 4 members (excludes halogenated alkanes) is 15. The minimum atomic E-state index is -4.07. The number of hydrogen-bond acceptors (Lipinski definition) is 1. The number of nitrogens with one attached hydrogen (secondary N) is 1. The second kappa shape index (κ2) is 17.6. The predicted molar refractivity (Wildman–Crippen MR) is 98.5 cm³/mol. The standard InChI is InChI=1S/C20H40F3N/c1-2-3-4-5-6-7-8-9-10-11-12-13-14-15-16-17-18-24-19-20(21,22)23/h24H,2-19H2,1H3. The number of alkyl halides is 3. The summed E-state index contributed by atoms with van der Waals surface area (Å²) in [5, 5.41) is 2.45. The Bertz CT molecular complexity index is 242. The van der Waals surface area contributed by atoms with Crippen molar-refractivity contribution in [1.82, 2.24) is 5.32 Å². The van der Waals surface area contributed by atoms with Gasteiger partial charge in [0.2, 0.25) is 0 Å². The Kier molecular flexibility index (Phi) is 17.4. The molecule has 0 aromatic carbocycles. The van der Waals surface area contributed by atoms with Crippen molar-refractivity contribution in [3.8, 4) is 0 Å². The van der Waals surface area contributed by atoms with Crippen molar-refractivity contribution in [3.05, 3.63) is 0 Å². The lowest BCUT2D eigenvalue weighted by Gasteiger charge is -2.07. The van der Waals surface area contributed by atoms with E-state index >= 15 is 0 Å². The van der Waals surface area contributed by atoms with Gasteiger partial charge in [0.25, 0.3) is 0 Å². The van der Waals surface area contributed by atoms with E-state index in [1.165, 1.54) is 83.5 Å². The number of hydrogen-bond donors (Lipinski definition) is 1. The molecule has 0 saturated carbocycles. The van der Waals surface area contributed by atoms with Crippen LogP contribution in [0.2, 0.25) is 0 Å². The Morgan fingerprint density at radius 2 is 0.875 bits per heavy atom. The van der Waals surface area contributed by atoms with E-state index in [0.717, 1.165) is 19.3 Å². The van der Waals surface area contributed by atoms with Crippen molar-refractivity contribution in [2.24, 2.45) is 0 Å². The maximum atomic E-state index is 11.9. The van der Waals surface area contributed by atoms with Crippen molar-refractivity contribution in [2.75, 3.05) is 13.1 Å². The molecule has 0 unspecified atom stereocenters. The van der Waals surface area contributed by atoms with E-state index in [-0.39, 0.29) is 0 Å². The third kappa shape index (κ3) is 21.8. The molecule has 0 aliphatic heterocycles. The van der Waals surface area contributed by atoms with Crippen LogP contribution in [0.25, 0.3) is 0 Å². The first kappa shape index (κ1) is 23.8. The van der Waals surface area contributed by atoms with Crippen molar-refractivity contribution >= 4 is 0 Å². The van der Waals surface area contributed by atoms with Gasteiger partial charge in [0.1, 0.15) is 0 Å². The molecule has 0 spiro atoms. The molecule has 0 atom stereocenters. The largest absolute Gasteiger partial charge is 0.401 e. The Morgan fingerprint density at radius 1 is 0.542 bits per heavy atom. The van der Waals surface area contributed by atoms with E-state index in [1.54, 1.807) is 0 Å². The van der Waals surface area contributed by atoms with Gasteiger partial charge in [-0.15, -0.1) is 0 Å². The summed E-state index contributed by atoms with van der Waals surface area (Å²) in [6.07, 6.45) is 16.7. The van der Waals surface area contributed by atoms with Crippen molar-refractivity contribution in [1.29, 1.82) is 0 Å². The molecule has 0 radical (unpaired) electrons. The van der Waals surface area contributed by atoms with Crippen LogP contribution in [0.4, 0.5) is 13.2 Å². The average Bonchev–Trinajstić information content (AvgIpc) is 2.52. The third-order valence-corrected chi connectivity index (χ3v) is 4.53. The van der Waals surface area contributed by atoms with Gasteiger partial charge < -0.3 is 5.32 Å². The van der Waals surface area contributed by atoms with Gasteiger partial charge in [-0.2, -0.15) is 13.2 Å². The summed E-state index contributed by atoms with van der Waals surface area (Å²) in [6, 6.07) is 0. The van der Waals surface area contributed by atoms with Gasteiger partial charge in [-0.25, -0.2) is 0 Å². The summed E-state index contributed by atoms with van der Waals surface area (Å²) >= 11 is 0. The van der Waals surface area contributed by atoms with Crippen molar-refractivity contribution in [3.63, 3.8) is 0 Å². The fourth-order valence-electron chi connectivity index (χ4n) is 3.03. The molecule has 1 nitrogen and oxygen atoms in total. The molecular weight excluding hydrogens is 311 g/mol. The van der Waals surface area contributed by atoms with Crippen LogP contribution in [-0.4, -0.2) is 19.3 Å². The van der Waals surface area contributed by atoms with Gasteiger partial charge >= 0.3 is 6.18 Å². The second-order valence-corrected chi connectivity index (χ2v) is 7.10. The molecule has 0 fully saturated rings. The Labute approximate surface area is 148 Å². The number of halogens is 3. The molecule has 0 rings (SSSR count). The number of rotatable bonds is 18. The summed E-state index contributed by atoms with van der Waals surface area (Å²) in [5.41, 5.74) is 0. The molecule has 0 bridgehead atoms. The lowest BCUT2D eigenvalue weighted by atomic mass is 10.0. The average molecular weight is 352 g/mol. The third-order valence-electron chi connectivity index (χ3n) is 4.53. The van der Waals surface area contributed by atoms with Crippen LogP contribution in [0, 0.1) is 0 Å². The SMILES string of the molecule is CCCCCCCCCCCCCCCCCCNCC(F)(F)F. The van der Waals surface area contributed by atoms with E-state index in [9.17, 15) is 13.2 Å². The van der Waals surface area contributed by atoms with Crippen LogP contribution in [0.5, 0.6) is 0 Å². The minimum Gasteiger partial charge on any atom is -0.309 e. The fourth-order valence-corrected chi connectivity index (χ4v) is 3.03. The molecule has 146 valence electrons. The zero-order chi connectivity index (χ0) is 17.9. The first-order valence-electron chi connectivity index (χ1n) is 10.3. The zero-order valence-electron chi connectivity index (χ0n) is 15.9. The van der Waals surface area contributed by atoms with Gasteiger partial charge in [-0.05, 0) is 13.0 Å². The molecule has 0 aromatic heterocycles. The molecule has 0 heterocycles. The molecule has 0 aromatic rings. The highest BCUT2D eigenvalue weighted by molar-refractivity contribution is 4.56. The molecule has 0 aliphatic carbocycles. The summed E-state index contributed by atoms with van der Waals surface area (Å²) in [7, 11) is 0. The van der Waals surface area contributed by atoms with E-state index in [0.29, 0.717) is 6.54 Å². The highest BCUT2D eigenvalue weighted by Gasteiger charge is 2.25. The van der Waals surface area contributed by atoms with E-state index in [2.05, 4.69) is 12.2 Å². The predicted octanol–water partition coefficient (Wildman–Crippen LogP) is 7.40. The molecule has 4 heteroatoms. The maximum absolute atomic E-state index is 11.9. The molecular formula is C20H40F3N. The second-order valence-electron chi connectivity index (χ2n) is 7.10. The van der Waals surface area contributed by atoms with Gasteiger partial charge in [-0.1, -0.05) is 103 Å². The minimum absolute atomic E-state index is 0.484. The molecule has 0 aliphatic rings. The lowest BCUT2D eigenvalue weighted by Crippen LogP contribution is -2.29. The van der Waals surface area contributed by atoms with E-state index in [4.69, 9.17) is 0 Å². The fraction of sp³-hybridized carbons (Fsp3) is 1.00. The molecule has 0 saturated heterocycles. The Morgan fingerprint density at radius 3 is 1.21 bits per heavy atom. The van der Waals surface area contributed by atoms with Crippen molar-refractivity contribution in [2.45, 2.75) is 116 Å². The lowest BCUT2D eigenvalue weighted by molar-refractivity contribution is -0.124. The summed E-state index contributed by atoms with van der Waals surface area (Å²) in [5.74, 6) is 0. The van der Waals surface area contributed by atoms with Crippen molar-refractivity contribution < 1.29 is 13.2 Å². The van der Waals surface area contributed by atoms with Crippen LogP contribution < -0.4 is 5.32 Å². The highest BCUT2D eigenvalue weighted by Crippen LogP contribution is 2.14. The maximum Gasteiger partial charge on any atom is 0.401 e. The van der Waals surface area contributed by atoms with Gasteiger partial charge in [0, 0.05) is 0 Å². The first-order valence-corrected chi connectivity index (χ1v) is 10.3. The molecule has 1 N–H and O–H groups in total. The molecule has 0 amide bonds. The van der Waals surface area contributed by atoms with Crippen LogP contribution in [0.15, 0.2) is 0 Å². The summed E-state index contributed by atoms with van der Waals surface area (Å²) < 4.78 is 35.7. The van der Waals surface area contributed by atoms with Crippen LogP contribution in [0.1, 0.15) is 110 Å². The summed E-state index contributed by atoms with van der Waals surface area (Å²) in [6.45, 7) is 1.89. The smallest absolute Gasteiger partial charge is 0.309 e. The summed E-state index contributed by atoms with van der Waals surface area (Å²) in [4.78, 5) is 0. The Hall–Kier alpha value is -0.250. The highest BCUT2D eigenvalue weighted by atomic mass is 19.4. The Balaban J connectivity index is 3.00. The topological polar surface area (TPSA) is 12.0 Å². The quantitative estimate of drug-likeness (QED) is 0.254.